The van der Waals surface area contributed by atoms with Crippen molar-refractivity contribution in [2.75, 3.05) is 19.3 Å². The highest BCUT2D eigenvalue weighted by atomic mass is 32.2. The lowest BCUT2D eigenvalue weighted by Crippen LogP contribution is -2.34. The lowest BCUT2D eigenvalue weighted by atomic mass is 9.97. The Balaban J connectivity index is 2.78. The third kappa shape index (κ3) is 13.1. The van der Waals surface area contributed by atoms with E-state index in [0.29, 0.717) is 23.5 Å². The highest BCUT2D eigenvalue weighted by Crippen LogP contribution is 2.31. The predicted molar refractivity (Wildman–Crippen MR) is 130 cm³/mol. The standard InChI is InChI=1S/C23H28O11S2/c1-15(24)31-13-33-21(28)35-12-18(20(27)30-11-17-8-6-5-7-9-17)10-19(26)23(3,4)36-22(29)34-14-32-16(2)25/h5-9,18H,10-14H2,1-4H3/t18-/m0/s1. The number of carbonyl (C=O) groups is 6. The van der Waals surface area contributed by atoms with Gasteiger partial charge < -0.3 is 23.7 Å². The van der Waals surface area contributed by atoms with Crippen molar-refractivity contribution in [3.8, 4) is 0 Å². The van der Waals surface area contributed by atoms with Crippen LogP contribution in [0.2, 0.25) is 0 Å². The van der Waals surface area contributed by atoms with Gasteiger partial charge in [-0.15, -0.1) is 0 Å². The molecule has 0 saturated carbocycles. The van der Waals surface area contributed by atoms with E-state index in [1.807, 2.05) is 6.07 Å². The Labute approximate surface area is 216 Å². The number of ether oxygens (including phenoxy) is 5. The van der Waals surface area contributed by atoms with Crippen LogP contribution >= 0.6 is 23.5 Å². The van der Waals surface area contributed by atoms with Crippen molar-refractivity contribution in [3.63, 3.8) is 0 Å². The van der Waals surface area contributed by atoms with Gasteiger partial charge in [-0.1, -0.05) is 30.3 Å². The Morgan fingerprint density at radius 3 is 1.92 bits per heavy atom. The first-order valence-electron chi connectivity index (χ1n) is 10.6. The van der Waals surface area contributed by atoms with Crippen LogP contribution in [0.5, 0.6) is 0 Å². The number of Topliss-reactive ketones (excluding diaryl/α,β-unsaturated/α-hetero) is 1. The maximum Gasteiger partial charge on any atom is 0.371 e. The van der Waals surface area contributed by atoms with Gasteiger partial charge in [0.05, 0.1) is 10.7 Å². The molecule has 0 aromatic heterocycles. The van der Waals surface area contributed by atoms with Crippen molar-refractivity contribution >= 4 is 57.8 Å². The monoisotopic (exact) mass is 544 g/mol. The molecule has 0 saturated heterocycles. The molecule has 0 aliphatic rings. The molecule has 36 heavy (non-hydrogen) atoms. The maximum absolute atomic E-state index is 13.0. The van der Waals surface area contributed by atoms with Crippen molar-refractivity contribution in [3.05, 3.63) is 35.9 Å². The summed E-state index contributed by atoms with van der Waals surface area (Å²) < 4.78 is 22.6. The molecule has 1 aromatic rings. The molecule has 13 heteroatoms. The average molecular weight is 545 g/mol. The molecular weight excluding hydrogens is 516 g/mol. The van der Waals surface area contributed by atoms with Crippen LogP contribution in [-0.4, -0.2) is 58.4 Å². The summed E-state index contributed by atoms with van der Waals surface area (Å²) in [6.45, 7) is 4.04. The lowest BCUT2D eigenvalue weighted by Gasteiger charge is -2.23. The minimum Gasteiger partial charge on any atom is -0.461 e. The molecule has 0 N–H and O–H groups in total. The first-order valence-corrected chi connectivity index (χ1v) is 12.4. The van der Waals surface area contributed by atoms with E-state index in [1.54, 1.807) is 24.3 Å². The van der Waals surface area contributed by atoms with Crippen LogP contribution in [0.1, 0.15) is 39.7 Å². The summed E-state index contributed by atoms with van der Waals surface area (Å²) in [7, 11) is 0. The molecule has 0 amide bonds. The number of thioether (sulfide) groups is 2. The molecular formula is C23H28O11S2. The first kappa shape index (κ1) is 31.0. The van der Waals surface area contributed by atoms with Gasteiger partial charge in [0.2, 0.25) is 13.6 Å². The number of hydrogen-bond donors (Lipinski definition) is 0. The zero-order valence-electron chi connectivity index (χ0n) is 20.3. The summed E-state index contributed by atoms with van der Waals surface area (Å²) in [6.07, 6.45) is -0.338. The fourth-order valence-electron chi connectivity index (χ4n) is 2.35. The summed E-state index contributed by atoms with van der Waals surface area (Å²) >= 11 is 1.18. The first-order chi connectivity index (χ1) is 16.9. The van der Waals surface area contributed by atoms with Crippen molar-refractivity contribution in [2.24, 2.45) is 5.92 Å². The predicted octanol–water partition coefficient (Wildman–Crippen LogP) is 3.86. The molecule has 1 aromatic carbocycles. The van der Waals surface area contributed by atoms with Crippen LogP contribution in [0.15, 0.2) is 30.3 Å². The van der Waals surface area contributed by atoms with Crippen LogP contribution in [0, 0.1) is 5.92 Å². The molecule has 0 unspecified atom stereocenters. The molecule has 1 atom stereocenters. The molecule has 11 nitrogen and oxygen atoms in total. The molecule has 0 aliphatic carbocycles. The number of carbonyl (C=O) groups excluding carboxylic acids is 6. The topological polar surface area (TPSA) is 149 Å². The van der Waals surface area contributed by atoms with Crippen molar-refractivity contribution in [2.45, 2.75) is 45.5 Å². The largest absolute Gasteiger partial charge is 0.461 e. The van der Waals surface area contributed by atoms with Crippen LogP contribution in [0.25, 0.3) is 0 Å². The van der Waals surface area contributed by atoms with Gasteiger partial charge in [0.25, 0.3) is 0 Å². The van der Waals surface area contributed by atoms with Gasteiger partial charge in [-0.25, -0.2) is 9.59 Å². The number of esters is 3. The summed E-state index contributed by atoms with van der Waals surface area (Å²) in [4.78, 5) is 71.2. The number of rotatable bonds is 13. The van der Waals surface area contributed by atoms with Crippen molar-refractivity contribution in [1.29, 1.82) is 0 Å². The molecule has 0 bridgehead atoms. The van der Waals surface area contributed by atoms with Gasteiger partial charge >= 0.3 is 28.5 Å². The maximum atomic E-state index is 13.0. The molecule has 1 rings (SSSR count). The molecule has 198 valence electrons. The molecule has 0 aliphatic heterocycles. The van der Waals surface area contributed by atoms with E-state index in [2.05, 4.69) is 9.47 Å². The Kier molecular flexibility index (Phi) is 13.6. The zero-order valence-corrected chi connectivity index (χ0v) is 21.9. The highest BCUT2D eigenvalue weighted by molar-refractivity contribution is 8.15. The summed E-state index contributed by atoms with van der Waals surface area (Å²) in [5.41, 5.74) is 0.732. The quantitative estimate of drug-likeness (QED) is 0.201. The van der Waals surface area contributed by atoms with E-state index < -0.39 is 58.5 Å². The summed E-state index contributed by atoms with van der Waals surface area (Å²) in [6, 6.07) is 8.88. The van der Waals surface area contributed by atoms with E-state index in [4.69, 9.17) is 14.2 Å². The van der Waals surface area contributed by atoms with Gasteiger partial charge in [-0.2, -0.15) is 0 Å². The molecule has 0 radical (unpaired) electrons. The minimum atomic E-state index is -1.30. The second-order valence-electron chi connectivity index (χ2n) is 7.64. The van der Waals surface area contributed by atoms with Gasteiger partial charge in [0.15, 0.2) is 0 Å². The second kappa shape index (κ2) is 15.8. The van der Waals surface area contributed by atoms with E-state index in [1.165, 1.54) is 13.8 Å². The van der Waals surface area contributed by atoms with Crippen LogP contribution in [-0.2, 0) is 49.5 Å². The minimum absolute atomic E-state index is 0.0352. The fourth-order valence-corrected chi connectivity index (χ4v) is 3.80. The second-order valence-corrected chi connectivity index (χ2v) is 10.2. The van der Waals surface area contributed by atoms with Crippen LogP contribution < -0.4 is 0 Å². The van der Waals surface area contributed by atoms with Gasteiger partial charge in [0, 0.05) is 26.0 Å². The molecule has 0 fully saturated rings. The SMILES string of the molecule is CC(=O)OCOC(=O)SC[C@H](CC(=O)C(C)(C)SC(=O)OCOC(C)=O)C(=O)OCc1ccccc1. The Bertz CT molecular complexity index is 931. The summed E-state index contributed by atoms with van der Waals surface area (Å²) in [5, 5.41) is -1.66. The molecule has 0 heterocycles. The van der Waals surface area contributed by atoms with E-state index in [0.717, 1.165) is 19.4 Å². The Morgan fingerprint density at radius 1 is 0.806 bits per heavy atom. The average Bonchev–Trinajstić information content (AvgIpc) is 2.79. The van der Waals surface area contributed by atoms with Crippen molar-refractivity contribution < 1.29 is 52.5 Å². The lowest BCUT2D eigenvalue weighted by molar-refractivity contribution is -0.150. The number of ketones is 1. The van der Waals surface area contributed by atoms with E-state index in [-0.39, 0.29) is 18.8 Å². The smallest absolute Gasteiger partial charge is 0.371 e. The van der Waals surface area contributed by atoms with E-state index in [9.17, 15) is 28.8 Å². The fraction of sp³-hybridized carbons (Fsp3) is 0.478. The Morgan fingerprint density at radius 2 is 1.36 bits per heavy atom. The van der Waals surface area contributed by atoms with E-state index >= 15 is 0 Å². The zero-order chi connectivity index (χ0) is 27.1. The van der Waals surface area contributed by atoms with Crippen molar-refractivity contribution in [1.82, 2.24) is 0 Å². The normalized spacial score (nSPS) is 11.6. The van der Waals surface area contributed by atoms with Gasteiger partial charge in [0.1, 0.15) is 12.4 Å². The van der Waals surface area contributed by atoms with Gasteiger partial charge in [-0.3, -0.25) is 19.2 Å². The molecule has 0 spiro atoms. The highest BCUT2D eigenvalue weighted by Gasteiger charge is 2.36. The number of benzene rings is 1. The van der Waals surface area contributed by atoms with Crippen LogP contribution in [0.3, 0.4) is 0 Å². The van der Waals surface area contributed by atoms with Gasteiger partial charge in [-0.05, 0) is 42.9 Å². The number of hydrogen-bond acceptors (Lipinski definition) is 13. The Hall–Kier alpha value is -3.06. The third-order valence-electron chi connectivity index (χ3n) is 4.28. The third-order valence-corrected chi connectivity index (χ3v) is 6.22. The summed E-state index contributed by atoms with van der Waals surface area (Å²) in [5.74, 6) is -3.66. The van der Waals surface area contributed by atoms with Crippen LogP contribution in [0.4, 0.5) is 9.59 Å².